The van der Waals surface area contributed by atoms with Crippen LogP contribution in [0.5, 0.6) is 5.75 Å². The molecule has 2 N–H and O–H groups in total. The zero-order valence-electron chi connectivity index (χ0n) is 25.4. The second-order valence-electron chi connectivity index (χ2n) is 13.2. The number of amides is 3. The van der Waals surface area contributed by atoms with Crippen LogP contribution in [0, 0.1) is 23.7 Å². The van der Waals surface area contributed by atoms with Crippen LogP contribution in [-0.4, -0.2) is 84.1 Å². The molecule has 1 aromatic rings. The van der Waals surface area contributed by atoms with Gasteiger partial charge in [-0.2, -0.15) is 0 Å². The smallest absolute Gasteiger partial charge is 0.246 e. The molecule has 6 rings (SSSR count). The Kier molecular flexibility index (Phi) is 8.09. The molecular weight excluding hydrogens is 532 g/mol. The number of rotatable bonds is 8. The summed E-state index contributed by atoms with van der Waals surface area (Å²) in [4.78, 5) is 46.5. The van der Waals surface area contributed by atoms with E-state index < -0.39 is 29.6 Å². The van der Waals surface area contributed by atoms with Crippen molar-refractivity contribution in [1.82, 2.24) is 15.1 Å². The summed E-state index contributed by atoms with van der Waals surface area (Å²) in [7, 11) is 1.59. The van der Waals surface area contributed by atoms with Gasteiger partial charge >= 0.3 is 0 Å². The van der Waals surface area contributed by atoms with Gasteiger partial charge in [0.2, 0.25) is 17.7 Å². The molecule has 5 aliphatic rings. The molecule has 9 heteroatoms. The molecule has 228 valence electrons. The molecule has 1 spiro atoms. The fraction of sp³-hybridized carbons (Fsp3) is 0.667. The Morgan fingerprint density at radius 2 is 1.81 bits per heavy atom. The van der Waals surface area contributed by atoms with Crippen LogP contribution < -0.4 is 15.4 Å². The lowest BCUT2D eigenvalue weighted by atomic mass is 9.73. The predicted octanol–water partition coefficient (Wildman–Crippen LogP) is 3.60. The average Bonchev–Trinajstić information content (AvgIpc) is 3.62. The SMILES string of the molecule is COc1ccc(NC(=O)C2C3C=CC4(O3)C2C(=O)N(CCN2CCCCC2C)C4C(=O)NC2CCCC(C)C2C)cc1. The Morgan fingerprint density at radius 1 is 1.02 bits per heavy atom. The highest BCUT2D eigenvalue weighted by atomic mass is 16.5. The normalized spacial score (nSPS) is 37.5. The van der Waals surface area contributed by atoms with Crippen molar-refractivity contribution in [3.63, 3.8) is 0 Å². The summed E-state index contributed by atoms with van der Waals surface area (Å²) in [5.74, 6) is -0.475. The Morgan fingerprint density at radius 3 is 2.55 bits per heavy atom. The molecule has 4 aliphatic heterocycles. The first-order valence-corrected chi connectivity index (χ1v) is 15.9. The number of hydrogen-bond acceptors (Lipinski definition) is 6. The molecule has 9 nitrogen and oxygen atoms in total. The van der Waals surface area contributed by atoms with E-state index in [1.54, 1.807) is 36.3 Å². The summed E-state index contributed by atoms with van der Waals surface area (Å²) in [6.07, 6.45) is 9.92. The standard InChI is InChI=1S/C33H46N4O5/c1-20-8-7-10-25(22(20)3)35-31(39)29-33-16-15-26(42-33)27(30(38)34-23-11-13-24(41-4)14-12-23)28(33)32(40)37(29)19-18-36-17-6-5-9-21(36)2/h11-16,20-22,25-29H,5-10,17-19H2,1-4H3,(H,34,38)(H,35,39). The molecule has 1 aliphatic carbocycles. The van der Waals surface area contributed by atoms with Gasteiger partial charge in [-0.3, -0.25) is 19.3 Å². The molecular formula is C33H46N4O5. The van der Waals surface area contributed by atoms with Gasteiger partial charge in [-0.15, -0.1) is 0 Å². The van der Waals surface area contributed by atoms with Gasteiger partial charge in [-0.1, -0.05) is 45.3 Å². The highest BCUT2D eigenvalue weighted by Crippen LogP contribution is 2.55. The second kappa shape index (κ2) is 11.6. The number of carbonyl (C=O) groups excluding carboxylic acids is 3. The van der Waals surface area contributed by atoms with Crippen molar-refractivity contribution < 1.29 is 23.9 Å². The van der Waals surface area contributed by atoms with Crippen LogP contribution in [-0.2, 0) is 19.1 Å². The quantitative estimate of drug-likeness (QED) is 0.458. The number of likely N-dealkylation sites (tertiary alicyclic amines) is 2. The molecule has 0 aromatic heterocycles. The number of piperidine rings is 1. The van der Waals surface area contributed by atoms with Crippen molar-refractivity contribution in [2.75, 3.05) is 32.1 Å². The Hall–Kier alpha value is -2.91. The Bertz CT molecular complexity index is 1220. The third-order valence-corrected chi connectivity index (χ3v) is 10.9. The van der Waals surface area contributed by atoms with Crippen molar-refractivity contribution in [3.8, 4) is 5.75 Å². The third-order valence-electron chi connectivity index (χ3n) is 10.9. The number of anilines is 1. The van der Waals surface area contributed by atoms with E-state index >= 15 is 0 Å². The van der Waals surface area contributed by atoms with Gasteiger partial charge in [0.1, 0.15) is 17.4 Å². The van der Waals surface area contributed by atoms with Crippen molar-refractivity contribution in [2.45, 2.75) is 89.1 Å². The summed E-state index contributed by atoms with van der Waals surface area (Å²) in [5.41, 5.74) is -0.525. The fourth-order valence-electron chi connectivity index (χ4n) is 8.18. The molecule has 4 heterocycles. The third kappa shape index (κ3) is 5.02. The molecule has 9 atom stereocenters. The van der Waals surface area contributed by atoms with E-state index in [9.17, 15) is 14.4 Å². The van der Waals surface area contributed by atoms with Crippen LogP contribution in [0.1, 0.15) is 59.3 Å². The van der Waals surface area contributed by atoms with Gasteiger partial charge in [-0.05, 0) is 68.8 Å². The second-order valence-corrected chi connectivity index (χ2v) is 13.2. The lowest BCUT2D eigenvalue weighted by molar-refractivity contribution is -0.142. The number of benzene rings is 1. The summed E-state index contributed by atoms with van der Waals surface area (Å²) >= 11 is 0. The fourth-order valence-corrected chi connectivity index (χ4v) is 8.18. The van der Waals surface area contributed by atoms with Gasteiger partial charge in [0.15, 0.2) is 0 Å². The Balaban J connectivity index is 1.27. The maximum Gasteiger partial charge on any atom is 0.246 e. The first kappa shape index (κ1) is 29.2. The molecule has 1 aromatic carbocycles. The molecule has 3 saturated heterocycles. The van der Waals surface area contributed by atoms with Crippen LogP contribution in [0.4, 0.5) is 5.69 Å². The van der Waals surface area contributed by atoms with Crippen LogP contribution in [0.25, 0.3) is 0 Å². The number of nitrogens with one attached hydrogen (secondary N) is 2. The van der Waals surface area contributed by atoms with Gasteiger partial charge in [0.25, 0.3) is 0 Å². The van der Waals surface area contributed by atoms with Crippen molar-refractivity contribution >= 4 is 23.4 Å². The number of fused-ring (bicyclic) bond motifs is 1. The zero-order valence-corrected chi connectivity index (χ0v) is 25.4. The summed E-state index contributed by atoms with van der Waals surface area (Å²) in [6, 6.07) is 6.83. The van der Waals surface area contributed by atoms with Crippen LogP contribution in [0.15, 0.2) is 36.4 Å². The first-order chi connectivity index (χ1) is 20.2. The largest absolute Gasteiger partial charge is 0.497 e. The van der Waals surface area contributed by atoms with Crippen LogP contribution >= 0.6 is 0 Å². The van der Waals surface area contributed by atoms with Gasteiger partial charge in [-0.25, -0.2) is 0 Å². The lowest BCUT2D eigenvalue weighted by Gasteiger charge is -2.39. The van der Waals surface area contributed by atoms with E-state index in [1.807, 2.05) is 12.2 Å². The van der Waals surface area contributed by atoms with Crippen molar-refractivity contribution in [2.24, 2.45) is 23.7 Å². The van der Waals surface area contributed by atoms with Crippen LogP contribution in [0.3, 0.4) is 0 Å². The molecule has 2 bridgehead atoms. The van der Waals surface area contributed by atoms with Crippen LogP contribution in [0.2, 0.25) is 0 Å². The van der Waals surface area contributed by atoms with Crippen molar-refractivity contribution in [1.29, 1.82) is 0 Å². The maximum atomic E-state index is 14.3. The number of methoxy groups -OCH3 is 1. The highest BCUT2D eigenvalue weighted by Gasteiger charge is 2.72. The molecule has 42 heavy (non-hydrogen) atoms. The minimum Gasteiger partial charge on any atom is -0.497 e. The number of ether oxygens (including phenoxy) is 2. The van der Waals surface area contributed by atoms with E-state index in [2.05, 4.69) is 36.3 Å². The topological polar surface area (TPSA) is 100 Å². The van der Waals surface area contributed by atoms with E-state index in [0.717, 1.165) is 32.2 Å². The monoisotopic (exact) mass is 578 g/mol. The maximum absolute atomic E-state index is 14.3. The number of hydrogen-bond donors (Lipinski definition) is 2. The van der Waals surface area contributed by atoms with Crippen molar-refractivity contribution in [3.05, 3.63) is 36.4 Å². The zero-order chi connectivity index (χ0) is 29.6. The molecule has 3 amide bonds. The molecule has 0 radical (unpaired) electrons. The molecule has 4 fully saturated rings. The first-order valence-electron chi connectivity index (χ1n) is 15.9. The van der Waals surface area contributed by atoms with Gasteiger partial charge in [0.05, 0.1) is 25.0 Å². The number of nitrogens with zero attached hydrogens (tertiary/aromatic N) is 2. The highest BCUT2D eigenvalue weighted by molar-refractivity contribution is 6.02. The van der Waals surface area contributed by atoms with E-state index in [4.69, 9.17) is 9.47 Å². The van der Waals surface area contributed by atoms with Gasteiger partial charge < -0.3 is 25.0 Å². The summed E-state index contributed by atoms with van der Waals surface area (Å²) in [6.45, 7) is 8.83. The minimum atomic E-state index is -1.15. The summed E-state index contributed by atoms with van der Waals surface area (Å²) in [5, 5.41) is 6.34. The summed E-state index contributed by atoms with van der Waals surface area (Å²) < 4.78 is 11.8. The minimum absolute atomic E-state index is 0.0625. The van der Waals surface area contributed by atoms with E-state index in [1.165, 1.54) is 12.8 Å². The van der Waals surface area contributed by atoms with E-state index in [-0.39, 0.29) is 23.8 Å². The Labute approximate surface area is 249 Å². The average molecular weight is 579 g/mol. The lowest BCUT2D eigenvalue weighted by Crippen LogP contribution is -2.58. The number of carbonyl (C=O) groups is 3. The van der Waals surface area contributed by atoms with E-state index in [0.29, 0.717) is 42.4 Å². The molecule has 1 saturated carbocycles. The van der Waals surface area contributed by atoms with Gasteiger partial charge in [0, 0.05) is 30.9 Å². The molecule has 9 unspecified atom stereocenters. The predicted molar refractivity (Wildman–Crippen MR) is 160 cm³/mol.